The number of aliphatic hydroxyl groups excluding tert-OH is 1. The van der Waals surface area contributed by atoms with Crippen LogP contribution >= 0.6 is 0 Å². The minimum atomic E-state index is -0.307. The van der Waals surface area contributed by atoms with Gasteiger partial charge in [0.25, 0.3) is 0 Å². The normalized spacial score (nSPS) is 22.8. The first kappa shape index (κ1) is 17.2. The van der Waals surface area contributed by atoms with Crippen LogP contribution in [-0.4, -0.2) is 34.7 Å². The van der Waals surface area contributed by atoms with E-state index in [0.717, 1.165) is 13.0 Å². The highest BCUT2D eigenvalue weighted by atomic mass is 16.3. The lowest BCUT2D eigenvalue weighted by atomic mass is 9.86. The van der Waals surface area contributed by atoms with Crippen LogP contribution in [0.25, 0.3) is 0 Å². The van der Waals surface area contributed by atoms with Crippen LogP contribution in [0.15, 0.2) is 60.7 Å². The maximum absolute atomic E-state index is 10.8. The third kappa shape index (κ3) is 4.06. The first-order valence-electron chi connectivity index (χ1n) is 9.19. The smallest absolute Gasteiger partial charge is 0.0676 e. The van der Waals surface area contributed by atoms with Crippen molar-refractivity contribution in [3.8, 4) is 0 Å². The molecule has 128 valence electrons. The van der Waals surface area contributed by atoms with E-state index in [1.807, 2.05) is 0 Å². The highest BCUT2D eigenvalue weighted by Gasteiger charge is 2.29. The molecule has 3 rings (SSSR count). The van der Waals surface area contributed by atoms with E-state index in [-0.39, 0.29) is 12.0 Å². The Morgan fingerprint density at radius 3 is 1.79 bits per heavy atom. The van der Waals surface area contributed by atoms with Gasteiger partial charge >= 0.3 is 0 Å². The molecule has 0 amide bonds. The molecular formula is C22H29NO. The van der Waals surface area contributed by atoms with Gasteiger partial charge in [0.1, 0.15) is 0 Å². The summed E-state index contributed by atoms with van der Waals surface area (Å²) in [5.74, 6) is 0.246. The molecule has 1 fully saturated rings. The number of hydrogen-bond donors (Lipinski definition) is 1. The molecule has 0 spiro atoms. The number of hydrogen-bond acceptors (Lipinski definition) is 2. The minimum Gasteiger partial charge on any atom is -0.392 e. The number of benzene rings is 2. The van der Waals surface area contributed by atoms with Gasteiger partial charge in [0.05, 0.1) is 6.10 Å². The Bertz CT molecular complexity index is 563. The number of likely N-dealkylation sites (tertiary alicyclic amines) is 1. The molecule has 3 atom stereocenters. The van der Waals surface area contributed by atoms with E-state index in [0.29, 0.717) is 12.1 Å². The van der Waals surface area contributed by atoms with Crippen molar-refractivity contribution in [3.05, 3.63) is 71.8 Å². The van der Waals surface area contributed by atoms with Gasteiger partial charge in [-0.2, -0.15) is 0 Å². The third-order valence-electron chi connectivity index (χ3n) is 5.47. The largest absolute Gasteiger partial charge is 0.392 e. The first-order chi connectivity index (χ1) is 11.6. The molecule has 2 aromatic rings. The lowest BCUT2D eigenvalue weighted by Crippen LogP contribution is -2.39. The fraction of sp³-hybridized carbons (Fsp3) is 0.455. The Labute approximate surface area is 146 Å². The molecule has 24 heavy (non-hydrogen) atoms. The van der Waals surface area contributed by atoms with Gasteiger partial charge in [-0.15, -0.1) is 0 Å². The van der Waals surface area contributed by atoms with Gasteiger partial charge in [-0.1, -0.05) is 60.7 Å². The summed E-state index contributed by atoms with van der Waals surface area (Å²) in [5.41, 5.74) is 2.57. The van der Waals surface area contributed by atoms with E-state index >= 15 is 0 Å². The van der Waals surface area contributed by atoms with Crippen molar-refractivity contribution >= 4 is 0 Å². The zero-order valence-electron chi connectivity index (χ0n) is 14.8. The van der Waals surface area contributed by atoms with Gasteiger partial charge in [-0.25, -0.2) is 0 Å². The van der Waals surface area contributed by atoms with Gasteiger partial charge in [0.15, 0.2) is 0 Å². The van der Waals surface area contributed by atoms with E-state index in [9.17, 15) is 5.11 Å². The molecule has 0 aromatic heterocycles. The minimum absolute atomic E-state index is 0.246. The van der Waals surface area contributed by atoms with Crippen LogP contribution in [0.4, 0.5) is 0 Å². The van der Waals surface area contributed by atoms with Crippen LogP contribution in [0.5, 0.6) is 0 Å². The van der Waals surface area contributed by atoms with Crippen molar-refractivity contribution in [2.75, 3.05) is 6.54 Å². The Morgan fingerprint density at radius 2 is 1.33 bits per heavy atom. The zero-order valence-corrected chi connectivity index (χ0v) is 14.8. The van der Waals surface area contributed by atoms with E-state index in [4.69, 9.17) is 0 Å². The Kier molecular flexibility index (Phi) is 5.70. The molecule has 0 saturated carbocycles. The zero-order chi connectivity index (χ0) is 16.9. The molecule has 2 aromatic carbocycles. The highest BCUT2D eigenvalue weighted by molar-refractivity contribution is 5.32. The Balaban J connectivity index is 1.74. The van der Waals surface area contributed by atoms with Crippen molar-refractivity contribution in [3.63, 3.8) is 0 Å². The summed E-state index contributed by atoms with van der Waals surface area (Å²) in [6.07, 6.45) is 2.95. The molecule has 0 radical (unpaired) electrons. The van der Waals surface area contributed by atoms with Crippen LogP contribution in [0, 0.1) is 0 Å². The number of nitrogens with zero attached hydrogens (tertiary/aromatic N) is 1. The first-order valence-corrected chi connectivity index (χ1v) is 9.19. The lowest BCUT2D eigenvalue weighted by molar-refractivity contribution is 0.0824. The molecule has 3 unspecified atom stereocenters. The van der Waals surface area contributed by atoms with Crippen molar-refractivity contribution in [1.82, 2.24) is 4.90 Å². The summed E-state index contributed by atoms with van der Waals surface area (Å²) in [6.45, 7) is 5.34. The predicted molar refractivity (Wildman–Crippen MR) is 100 cm³/mol. The van der Waals surface area contributed by atoms with Crippen LogP contribution in [-0.2, 0) is 0 Å². The second-order valence-corrected chi connectivity index (χ2v) is 7.24. The molecule has 2 heteroatoms. The van der Waals surface area contributed by atoms with E-state index < -0.39 is 0 Å². The molecule has 1 saturated heterocycles. The maximum Gasteiger partial charge on any atom is 0.0676 e. The predicted octanol–water partition coefficient (Wildman–Crippen LogP) is 4.44. The van der Waals surface area contributed by atoms with Crippen LogP contribution < -0.4 is 0 Å². The number of β-amino-alcohol motifs (C(OH)–C–C–N with tert-alkyl or cyclic N) is 1. The number of rotatable bonds is 6. The lowest BCUT2D eigenvalue weighted by Gasteiger charge is -2.30. The van der Waals surface area contributed by atoms with Gasteiger partial charge < -0.3 is 5.11 Å². The average Bonchev–Trinajstić information content (AvgIpc) is 2.93. The van der Waals surface area contributed by atoms with Crippen molar-refractivity contribution in [2.24, 2.45) is 0 Å². The summed E-state index contributed by atoms with van der Waals surface area (Å²) in [4.78, 5) is 2.47. The van der Waals surface area contributed by atoms with Crippen molar-refractivity contribution < 1.29 is 5.11 Å². The topological polar surface area (TPSA) is 23.5 Å². The molecule has 2 nitrogen and oxygen atoms in total. The summed E-state index contributed by atoms with van der Waals surface area (Å²) < 4.78 is 0. The fourth-order valence-electron chi connectivity index (χ4n) is 4.03. The van der Waals surface area contributed by atoms with Crippen molar-refractivity contribution in [2.45, 2.75) is 57.2 Å². The third-order valence-corrected chi connectivity index (χ3v) is 5.47. The Hall–Kier alpha value is -1.64. The quantitative estimate of drug-likeness (QED) is 0.849. The molecule has 0 aliphatic carbocycles. The standard InChI is InChI=1S/C22H29NO/c1-17-13-14-18(2)23(17)16-21(24)15-22(19-9-5-3-6-10-19)20-11-7-4-8-12-20/h3-12,17-18,21-22,24H,13-16H2,1-2H3. The highest BCUT2D eigenvalue weighted by Crippen LogP contribution is 2.30. The Morgan fingerprint density at radius 1 is 0.875 bits per heavy atom. The monoisotopic (exact) mass is 323 g/mol. The van der Waals surface area contributed by atoms with Gasteiger partial charge in [-0.05, 0) is 44.2 Å². The summed E-state index contributed by atoms with van der Waals surface area (Å²) in [6, 6.07) is 22.3. The van der Waals surface area contributed by atoms with E-state index in [1.54, 1.807) is 0 Å². The van der Waals surface area contributed by atoms with Crippen molar-refractivity contribution in [1.29, 1.82) is 0 Å². The second-order valence-electron chi connectivity index (χ2n) is 7.24. The number of aliphatic hydroxyl groups is 1. The van der Waals surface area contributed by atoms with Gasteiger partial charge in [0.2, 0.25) is 0 Å². The van der Waals surface area contributed by atoms with E-state index in [2.05, 4.69) is 79.4 Å². The molecule has 1 heterocycles. The molecule has 1 N–H and O–H groups in total. The molecular weight excluding hydrogens is 294 g/mol. The second kappa shape index (κ2) is 7.96. The summed E-state index contributed by atoms with van der Waals surface area (Å²) in [5, 5.41) is 10.8. The van der Waals surface area contributed by atoms with Crippen LogP contribution in [0.3, 0.4) is 0 Å². The summed E-state index contributed by atoms with van der Waals surface area (Å²) >= 11 is 0. The van der Waals surface area contributed by atoms with Crippen LogP contribution in [0.2, 0.25) is 0 Å². The van der Waals surface area contributed by atoms with Crippen LogP contribution in [0.1, 0.15) is 50.2 Å². The molecule has 0 bridgehead atoms. The molecule has 1 aliphatic rings. The van der Waals surface area contributed by atoms with Gasteiger partial charge in [0, 0.05) is 24.5 Å². The molecule has 1 aliphatic heterocycles. The SMILES string of the molecule is CC1CCC(C)N1CC(O)CC(c1ccccc1)c1ccccc1. The maximum atomic E-state index is 10.8. The van der Waals surface area contributed by atoms with Gasteiger partial charge in [-0.3, -0.25) is 4.90 Å². The summed E-state index contributed by atoms with van der Waals surface area (Å²) in [7, 11) is 0. The van der Waals surface area contributed by atoms with E-state index in [1.165, 1.54) is 24.0 Å². The fourth-order valence-corrected chi connectivity index (χ4v) is 4.03. The average molecular weight is 323 g/mol.